The van der Waals surface area contributed by atoms with E-state index in [1.165, 1.54) is 22.4 Å². The van der Waals surface area contributed by atoms with Gasteiger partial charge in [-0.15, -0.1) is 0 Å². The summed E-state index contributed by atoms with van der Waals surface area (Å²) in [6, 6.07) is 4.40. The minimum atomic E-state index is 0.402. The van der Waals surface area contributed by atoms with Crippen LogP contribution >= 0.6 is 0 Å². The van der Waals surface area contributed by atoms with Crippen molar-refractivity contribution in [1.29, 1.82) is 0 Å². The largest absolute Gasteiger partial charge is 0.353 e. The Labute approximate surface area is 148 Å². The zero-order valence-electron chi connectivity index (χ0n) is 15.7. The van der Waals surface area contributed by atoms with Crippen LogP contribution in [-0.2, 0) is 11.3 Å². The minimum Gasteiger partial charge on any atom is -0.353 e. The molecule has 0 fully saturated rings. The second-order valence-corrected chi connectivity index (χ2v) is 6.71. The molecule has 1 N–H and O–H groups in total. The van der Waals surface area contributed by atoms with Gasteiger partial charge in [-0.25, -0.2) is 9.97 Å². The number of aromatic nitrogens is 3. The highest BCUT2D eigenvalue weighted by Crippen LogP contribution is 2.32. The smallest absolute Gasteiger partial charge is 0.207 e. The van der Waals surface area contributed by atoms with Crippen molar-refractivity contribution in [1.82, 2.24) is 19.9 Å². The SMILES string of the molecule is Cc1cc(C)c(-n2c(C)c(C)c3c(CNC=O)nc(C)nc32)c(C)c1. The fraction of sp³-hybridized carbons (Fsp3) is 0.350. The summed E-state index contributed by atoms with van der Waals surface area (Å²) in [6.45, 7) is 12.9. The lowest BCUT2D eigenvalue weighted by Crippen LogP contribution is -2.13. The molecule has 2 heterocycles. The van der Waals surface area contributed by atoms with E-state index in [2.05, 4.69) is 61.6 Å². The van der Waals surface area contributed by atoms with Crippen molar-refractivity contribution in [3.05, 3.63) is 51.6 Å². The van der Waals surface area contributed by atoms with Gasteiger partial charge in [0.25, 0.3) is 0 Å². The van der Waals surface area contributed by atoms with Crippen LogP contribution in [0.4, 0.5) is 0 Å². The maximum atomic E-state index is 10.7. The number of fused-ring (bicyclic) bond motifs is 1. The van der Waals surface area contributed by atoms with E-state index in [0.717, 1.165) is 28.0 Å². The molecule has 0 radical (unpaired) electrons. The Bertz CT molecular complexity index is 962. The average molecular weight is 336 g/mol. The quantitative estimate of drug-likeness (QED) is 0.742. The number of amides is 1. The lowest BCUT2D eigenvalue weighted by Gasteiger charge is -2.16. The Kier molecular flexibility index (Phi) is 4.33. The van der Waals surface area contributed by atoms with Crippen molar-refractivity contribution in [2.24, 2.45) is 0 Å². The van der Waals surface area contributed by atoms with Crippen molar-refractivity contribution in [3.8, 4) is 5.69 Å². The van der Waals surface area contributed by atoms with Gasteiger partial charge in [-0.05, 0) is 58.2 Å². The summed E-state index contributed by atoms with van der Waals surface area (Å²) in [5.74, 6) is 0.705. The molecule has 3 aromatic rings. The van der Waals surface area contributed by atoms with E-state index >= 15 is 0 Å². The van der Waals surface area contributed by atoms with Gasteiger partial charge in [0.05, 0.1) is 17.9 Å². The zero-order valence-corrected chi connectivity index (χ0v) is 15.7. The molecule has 0 saturated carbocycles. The van der Waals surface area contributed by atoms with Gasteiger partial charge >= 0.3 is 0 Å². The van der Waals surface area contributed by atoms with Crippen molar-refractivity contribution in [2.45, 2.75) is 48.1 Å². The highest BCUT2D eigenvalue weighted by Gasteiger charge is 2.20. The molecule has 0 atom stereocenters. The third-order valence-electron chi connectivity index (χ3n) is 4.75. The molecule has 1 amide bonds. The number of nitrogens with zero attached hydrogens (tertiary/aromatic N) is 3. The number of hydrogen-bond donors (Lipinski definition) is 1. The summed E-state index contributed by atoms with van der Waals surface area (Å²) >= 11 is 0. The summed E-state index contributed by atoms with van der Waals surface area (Å²) in [7, 11) is 0. The van der Waals surface area contributed by atoms with Gasteiger partial charge in [-0.1, -0.05) is 17.7 Å². The zero-order chi connectivity index (χ0) is 18.3. The molecule has 25 heavy (non-hydrogen) atoms. The van der Waals surface area contributed by atoms with Gasteiger partial charge in [0, 0.05) is 11.1 Å². The molecular formula is C20H24N4O. The van der Waals surface area contributed by atoms with Crippen LogP contribution in [0.15, 0.2) is 12.1 Å². The number of carbonyl (C=O) groups excluding carboxylic acids is 1. The predicted octanol–water partition coefficient (Wildman–Crippen LogP) is 3.52. The number of hydrogen-bond acceptors (Lipinski definition) is 3. The monoisotopic (exact) mass is 336 g/mol. The Balaban J connectivity index is 2.40. The maximum absolute atomic E-state index is 10.7. The molecule has 0 saturated heterocycles. The molecule has 5 nitrogen and oxygen atoms in total. The van der Waals surface area contributed by atoms with E-state index in [-0.39, 0.29) is 0 Å². The number of rotatable bonds is 4. The summed E-state index contributed by atoms with van der Waals surface area (Å²) in [5.41, 5.74) is 8.94. The van der Waals surface area contributed by atoms with E-state index in [0.29, 0.717) is 18.8 Å². The molecular weight excluding hydrogens is 312 g/mol. The molecule has 0 unspecified atom stereocenters. The number of aryl methyl sites for hydroxylation is 5. The van der Waals surface area contributed by atoms with E-state index in [1.807, 2.05) is 6.92 Å². The van der Waals surface area contributed by atoms with Gasteiger partial charge in [0.1, 0.15) is 11.5 Å². The van der Waals surface area contributed by atoms with Gasteiger partial charge in [-0.3, -0.25) is 9.36 Å². The van der Waals surface area contributed by atoms with Gasteiger partial charge in [0.15, 0.2) is 0 Å². The normalized spacial score (nSPS) is 11.1. The van der Waals surface area contributed by atoms with Crippen molar-refractivity contribution >= 4 is 17.4 Å². The van der Waals surface area contributed by atoms with Crippen molar-refractivity contribution in [3.63, 3.8) is 0 Å². The van der Waals surface area contributed by atoms with Crippen LogP contribution in [0, 0.1) is 41.5 Å². The lowest BCUT2D eigenvalue weighted by atomic mass is 10.0. The predicted molar refractivity (Wildman–Crippen MR) is 100 cm³/mol. The molecule has 0 spiro atoms. The Hall–Kier alpha value is -2.69. The summed E-state index contributed by atoms with van der Waals surface area (Å²) in [4.78, 5) is 20.0. The molecule has 0 aliphatic carbocycles. The van der Waals surface area contributed by atoms with Gasteiger partial charge in [-0.2, -0.15) is 0 Å². The highest BCUT2D eigenvalue weighted by atomic mass is 16.1. The highest BCUT2D eigenvalue weighted by molar-refractivity contribution is 5.86. The minimum absolute atomic E-state index is 0.402. The van der Waals surface area contributed by atoms with E-state index < -0.39 is 0 Å². The first-order chi connectivity index (χ1) is 11.8. The summed E-state index contributed by atoms with van der Waals surface area (Å²) in [6.07, 6.45) is 0.705. The fourth-order valence-electron chi connectivity index (χ4n) is 3.73. The molecule has 0 aliphatic heterocycles. The summed E-state index contributed by atoms with van der Waals surface area (Å²) < 4.78 is 2.23. The number of carbonyl (C=O) groups is 1. The standard InChI is InChI=1S/C20H24N4O/c1-11-7-12(2)19(13(3)8-11)24-15(5)14(4)18-17(9-21-10-25)22-16(6)23-20(18)24/h7-8,10H,9H2,1-6H3,(H,21,25). The molecule has 3 rings (SSSR count). The first-order valence-corrected chi connectivity index (χ1v) is 8.45. The first-order valence-electron chi connectivity index (χ1n) is 8.45. The average Bonchev–Trinajstić information content (AvgIpc) is 2.76. The van der Waals surface area contributed by atoms with Crippen molar-refractivity contribution in [2.75, 3.05) is 0 Å². The van der Waals surface area contributed by atoms with E-state index in [4.69, 9.17) is 4.98 Å². The maximum Gasteiger partial charge on any atom is 0.207 e. The number of benzene rings is 1. The topological polar surface area (TPSA) is 59.8 Å². The molecule has 130 valence electrons. The third kappa shape index (κ3) is 2.80. The number of nitrogens with one attached hydrogen (secondary N) is 1. The Morgan fingerprint density at radius 1 is 1.04 bits per heavy atom. The van der Waals surface area contributed by atoms with Gasteiger partial charge < -0.3 is 5.32 Å². The van der Waals surface area contributed by atoms with Crippen LogP contribution < -0.4 is 5.32 Å². The molecule has 1 aromatic carbocycles. The van der Waals surface area contributed by atoms with Crippen LogP contribution in [0.2, 0.25) is 0 Å². The lowest BCUT2D eigenvalue weighted by molar-refractivity contribution is -0.109. The molecule has 2 aromatic heterocycles. The van der Waals surface area contributed by atoms with Gasteiger partial charge in [0.2, 0.25) is 6.41 Å². The second-order valence-electron chi connectivity index (χ2n) is 6.71. The fourth-order valence-corrected chi connectivity index (χ4v) is 3.73. The Morgan fingerprint density at radius 2 is 1.68 bits per heavy atom. The van der Waals surface area contributed by atoms with Crippen LogP contribution in [0.1, 0.15) is 39.5 Å². The van der Waals surface area contributed by atoms with E-state index in [1.54, 1.807) is 0 Å². The van der Waals surface area contributed by atoms with E-state index in [9.17, 15) is 4.79 Å². The van der Waals surface area contributed by atoms with Crippen LogP contribution in [0.25, 0.3) is 16.7 Å². The van der Waals surface area contributed by atoms with Crippen molar-refractivity contribution < 1.29 is 4.79 Å². The van der Waals surface area contributed by atoms with Crippen LogP contribution in [0.5, 0.6) is 0 Å². The Morgan fingerprint density at radius 3 is 2.28 bits per heavy atom. The first kappa shape index (κ1) is 17.1. The second kappa shape index (κ2) is 6.31. The molecule has 5 heteroatoms. The molecule has 0 bridgehead atoms. The van der Waals surface area contributed by atoms with Crippen LogP contribution in [0.3, 0.4) is 0 Å². The summed E-state index contributed by atoms with van der Waals surface area (Å²) in [5, 5.41) is 3.75. The van der Waals surface area contributed by atoms with Crippen LogP contribution in [-0.4, -0.2) is 20.9 Å². The third-order valence-corrected chi connectivity index (χ3v) is 4.75. The molecule has 0 aliphatic rings.